The Morgan fingerprint density at radius 3 is 2.48 bits per heavy atom. The van der Waals surface area contributed by atoms with Gasteiger partial charge in [-0.05, 0) is 43.4 Å². The normalized spacial score (nSPS) is 23.6. The average Bonchev–Trinajstić information content (AvgIpc) is 2.96. The van der Waals surface area contributed by atoms with E-state index < -0.39 is 0 Å². The number of carbonyl (C=O) groups is 1. The highest BCUT2D eigenvalue weighted by molar-refractivity contribution is 5.96. The number of carbonyl (C=O) groups excluding carboxylic acids is 1. The molecule has 0 spiro atoms. The summed E-state index contributed by atoms with van der Waals surface area (Å²) in [7, 11) is 3.15. The Balaban J connectivity index is 1.39. The number of methoxy groups -OCH3 is 2. The molecule has 154 valence electrons. The van der Waals surface area contributed by atoms with E-state index in [2.05, 4.69) is 32.3 Å². The number of piperidine rings is 1. The van der Waals surface area contributed by atoms with Gasteiger partial charge in [0.1, 0.15) is 11.3 Å². The number of hydrogen-bond donors (Lipinski definition) is 2. The van der Waals surface area contributed by atoms with Crippen molar-refractivity contribution in [3.8, 4) is 11.6 Å². The first-order valence-electron chi connectivity index (χ1n) is 9.93. The quantitative estimate of drug-likeness (QED) is 0.768. The van der Waals surface area contributed by atoms with Gasteiger partial charge in [0.25, 0.3) is 5.91 Å². The second-order valence-corrected chi connectivity index (χ2v) is 7.70. The van der Waals surface area contributed by atoms with E-state index in [1.165, 1.54) is 31.7 Å². The number of amides is 1. The van der Waals surface area contributed by atoms with E-state index in [1.54, 1.807) is 7.11 Å². The van der Waals surface area contributed by atoms with E-state index in [0.29, 0.717) is 17.6 Å². The average molecular weight is 397 g/mol. The minimum Gasteiger partial charge on any atom is -0.497 e. The van der Waals surface area contributed by atoms with E-state index in [-0.39, 0.29) is 23.8 Å². The molecule has 1 aromatic carbocycles. The van der Waals surface area contributed by atoms with Crippen molar-refractivity contribution in [1.29, 1.82) is 0 Å². The van der Waals surface area contributed by atoms with Crippen molar-refractivity contribution in [2.24, 2.45) is 0 Å². The first-order valence-corrected chi connectivity index (χ1v) is 9.93. The van der Waals surface area contributed by atoms with Gasteiger partial charge in [-0.3, -0.25) is 9.69 Å². The van der Waals surface area contributed by atoms with Crippen molar-refractivity contribution in [2.75, 3.05) is 20.0 Å². The Labute approximate surface area is 170 Å². The lowest BCUT2D eigenvalue weighted by Gasteiger charge is -2.39. The predicted molar refractivity (Wildman–Crippen MR) is 109 cm³/mol. The van der Waals surface area contributed by atoms with Crippen LogP contribution in [0.2, 0.25) is 0 Å². The molecular formula is C21H27N5O3. The highest BCUT2D eigenvalue weighted by Gasteiger charge is 2.41. The van der Waals surface area contributed by atoms with Crippen LogP contribution in [0.4, 0.5) is 5.95 Å². The van der Waals surface area contributed by atoms with Gasteiger partial charge in [-0.25, -0.2) is 4.98 Å². The van der Waals surface area contributed by atoms with Gasteiger partial charge in [0.2, 0.25) is 11.8 Å². The smallest absolute Gasteiger partial charge is 0.258 e. The third-order valence-corrected chi connectivity index (χ3v) is 5.95. The van der Waals surface area contributed by atoms with Crippen LogP contribution in [0.25, 0.3) is 0 Å². The topological polar surface area (TPSA) is 103 Å². The summed E-state index contributed by atoms with van der Waals surface area (Å²) in [6.45, 7) is 0.930. The van der Waals surface area contributed by atoms with Crippen LogP contribution in [0.15, 0.2) is 30.5 Å². The van der Waals surface area contributed by atoms with E-state index in [1.807, 2.05) is 12.1 Å². The summed E-state index contributed by atoms with van der Waals surface area (Å²) in [5.41, 5.74) is 7.18. The molecule has 2 aromatic rings. The number of aromatic nitrogens is 2. The molecule has 4 rings (SSSR count). The second kappa shape index (κ2) is 8.24. The van der Waals surface area contributed by atoms with Crippen molar-refractivity contribution >= 4 is 11.9 Å². The minimum atomic E-state index is -0.213. The molecule has 3 heterocycles. The molecule has 0 saturated carbocycles. The number of nitrogen functional groups attached to an aromatic ring is 1. The number of hydrogen-bond acceptors (Lipinski definition) is 7. The van der Waals surface area contributed by atoms with Gasteiger partial charge in [0.15, 0.2) is 0 Å². The van der Waals surface area contributed by atoms with Gasteiger partial charge in [-0.2, -0.15) is 4.98 Å². The maximum Gasteiger partial charge on any atom is 0.258 e. The maximum atomic E-state index is 12.7. The van der Waals surface area contributed by atoms with Crippen LogP contribution < -0.4 is 20.5 Å². The molecular weight excluding hydrogens is 370 g/mol. The molecule has 29 heavy (non-hydrogen) atoms. The number of nitrogens with two attached hydrogens (primary N) is 1. The SMILES string of the molecule is COc1ccc(CN2C3CCC2CC(NC(=O)c2cnc(N)nc2OC)C3)cc1. The lowest BCUT2D eigenvalue weighted by atomic mass is 9.96. The lowest BCUT2D eigenvalue weighted by molar-refractivity contribution is 0.0824. The van der Waals surface area contributed by atoms with Crippen molar-refractivity contribution in [3.05, 3.63) is 41.6 Å². The van der Waals surface area contributed by atoms with E-state index >= 15 is 0 Å². The fraction of sp³-hybridized carbons (Fsp3) is 0.476. The highest BCUT2D eigenvalue weighted by atomic mass is 16.5. The van der Waals surface area contributed by atoms with Crippen molar-refractivity contribution in [2.45, 2.75) is 50.4 Å². The Hall–Kier alpha value is -2.87. The molecule has 3 N–H and O–H groups in total. The zero-order valence-electron chi connectivity index (χ0n) is 16.8. The van der Waals surface area contributed by atoms with Crippen LogP contribution >= 0.6 is 0 Å². The summed E-state index contributed by atoms with van der Waals surface area (Å²) in [5.74, 6) is 0.952. The Morgan fingerprint density at radius 1 is 1.17 bits per heavy atom. The number of anilines is 1. The monoisotopic (exact) mass is 397 g/mol. The number of rotatable bonds is 6. The standard InChI is InChI=1S/C21H27N5O3/c1-28-17-7-3-13(4-8-17)12-26-15-5-6-16(26)10-14(9-15)24-19(27)18-11-23-21(22)25-20(18)29-2/h3-4,7-8,11,14-16H,5-6,9-10,12H2,1-2H3,(H,24,27)(H2,22,23,25). The summed E-state index contributed by atoms with van der Waals surface area (Å²) in [5, 5.41) is 3.15. The molecule has 0 aliphatic carbocycles. The fourth-order valence-electron chi connectivity index (χ4n) is 4.55. The molecule has 2 bridgehead atoms. The summed E-state index contributed by atoms with van der Waals surface area (Å²) >= 11 is 0. The van der Waals surface area contributed by atoms with Crippen molar-refractivity contribution in [1.82, 2.24) is 20.2 Å². The first-order chi connectivity index (χ1) is 14.1. The number of nitrogens with one attached hydrogen (secondary N) is 1. The first kappa shape index (κ1) is 19.4. The predicted octanol–water partition coefficient (Wildman–Crippen LogP) is 2.00. The Kier molecular flexibility index (Phi) is 5.53. The molecule has 1 amide bonds. The van der Waals surface area contributed by atoms with E-state index in [9.17, 15) is 4.79 Å². The van der Waals surface area contributed by atoms with Gasteiger partial charge in [-0.1, -0.05) is 12.1 Å². The zero-order valence-corrected chi connectivity index (χ0v) is 16.8. The summed E-state index contributed by atoms with van der Waals surface area (Å²) in [4.78, 5) is 23.2. The Morgan fingerprint density at radius 2 is 1.86 bits per heavy atom. The summed E-state index contributed by atoms with van der Waals surface area (Å²) < 4.78 is 10.4. The van der Waals surface area contributed by atoms with E-state index in [0.717, 1.165) is 25.1 Å². The lowest BCUT2D eigenvalue weighted by Crippen LogP contribution is -2.50. The van der Waals surface area contributed by atoms with Gasteiger partial charge >= 0.3 is 0 Å². The van der Waals surface area contributed by atoms with Gasteiger partial charge < -0.3 is 20.5 Å². The number of fused-ring (bicyclic) bond motifs is 2. The maximum absolute atomic E-state index is 12.7. The van der Waals surface area contributed by atoms with Gasteiger partial charge in [0.05, 0.1) is 14.2 Å². The molecule has 8 heteroatoms. The Bertz CT molecular complexity index is 859. The van der Waals surface area contributed by atoms with Crippen molar-refractivity contribution < 1.29 is 14.3 Å². The molecule has 8 nitrogen and oxygen atoms in total. The van der Waals surface area contributed by atoms with Crippen LogP contribution in [0, 0.1) is 0 Å². The van der Waals surface area contributed by atoms with Crippen LogP contribution in [0.5, 0.6) is 11.6 Å². The molecule has 2 saturated heterocycles. The van der Waals surface area contributed by atoms with Crippen LogP contribution in [-0.4, -0.2) is 53.1 Å². The van der Waals surface area contributed by atoms with E-state index in [4.69, 9.17) is 15.2 Å². The highest BCUT2D eigenvalue weighted by Crippen LogP contribution is 2.37. The van der Waals surface area contributed by atoms with Gasteiger partial charge in [0, 0.05) is 30.9 Å². The summed E-state index contributed by atoms with van der Waals surface area (Å²) in [6.07, 6.45) is 5.64. The molecule has 2 aliphatic heterocycles. The number of nitrogens with zero attached hydrogens (tertiary/aromatic N) is 3. The molecule has 1 aromatic heterocycles. The molecule has 0 radical (unpaired) electrons. The fourth-order valence-corrected chi connectivity index (χ4v) is 4.55. The van der Waals surface area contributed by atoms with Crippen LogP contribution in [0.3, 0.4) is 0 Å². The zero-order chi connectivity index (χ0) is 20.4. The minimum absolute atomic E-state index is 0.0864. The molecule has 2 aliphatic rings. The number of benzene rings is 1. The molecule has 2 unspecified atom stereocenters. The van der Waals surface area contributed by atoms with Crippen molar-refractivity contribution in [3.63, 3.8) is 0 Å². The molecule has 2 atom stereocenters. The number of ether oxygens (including phenoxy) is 2. The largest absolute Gasteiger partial charge is 0.497 e. The van der Waals surface area contributed by atoms with Crippen LogP contribution in [0.1, 0.15) is 41.6 Å². The molecule has 2 fully saturated rings. The second-order valence-electron chi connectivity index (χ2n) is 7.70. The summed E-state index contributed by atoms with van der Waals surface area (Å²) in [6, 6.07) is 9.35. The third kappa shape index (κ3) is 4.12. The third-order valence-electron chi connectivity index (χ3n) is 5.95. The van der Waals surface area contributed by atoms with Crippen LogP contribution in [-0.2, 0) is 6.54 Å². The van der Waals surface area contributed by atoms with Gasteiger partial charge in [-0.15, -0.1) is 0 Å².